The molecule has 0 aromatic carbocycles. The summed E-state index contributed by atoms with van der Waals surface area (Å²) in [5.74, 6) is -1.34. The highest BCUT2D eigenvalue weighted by atomic mass is 35.5. The normalized spacial score (nSPS) is 19.9. The van der Waals surface area contributed by atoms with E-state index >= 15 is 0 Å². The molecule has 1 aliphatic heterocycles. The average Bonchev–Trinajstić information content (AvgIpc) is 3.00. The summed E-state index contributed by atoms with van der Waals surface area (Å²) >= 11 is 5.97. The largest absolute Gasteiger partial charge is 0.382 e. The fraction of sp³-hybridized carbons (Fsp3) is 0.467. The molecule has 2 aromatic heterocycles. The van der Waals surface area contributed by atoms with E-state index in [1.165, 1.54) is 7.11 Å². The highest BCUT2D eigenvalue weighted by molar-refractivity contribution is 6.28. The van der Waals surface area contributed by atoms with Gasteiger partial charge in [-0.15, -0.1) is 0 Å². The standard InChI is InChI=1S/C15H17ClF2N8O/c1-15(3-4-20-26-15)25-14-23-12(16)22-13(24-14)21-10(7-27-2)11-9(18)5-8(17)6-19-11/h5-6,10H,3-4,7H2,1-2H3,(H2,21,22,23,24,25)/t10?,15-/m1/s1. The predicted molar refractivity (Wildman–Crippen MR) is 93.6 cm³/mol. The third-order valence-corrected chi connectivity index (χ3v) is 3.95. The fourth-order valence-corrected chi connectivity index (χ4v) is 2.68. The number of nitrogens with zero attached hydrogens (tertiary/aromatic N) is 6. The van der Waals surface area contributed by atoms with Gasteiger partial charge in [-0.25, -0.2) is 8.78 Å². The lowest BCUT2D eigenvalue weighted by Crippen LogP contribution is -2.31. The van der Waals surface area contributed by atoms with Crippen molar-refractivity contribution in [3.05, 3.63) is 34.9 Å². The lowest BCUT2D eigenvalue weighted by molar-refractivity contribution is 0.183. The van der Waals surface area contributed by atoms with Crippen LogP contribution in [-0.4, -0.2) is 45.9 Å². The van der Waals surface area contributed by atoms with E-state index in [2.05, 4.69) is 40.8 Å². The van der Waals surface area contributed by atoms with Gasteiger partial charge in [-0.3, -0.25) is 4.98 Å². The molecule has 1 unspecified atom stereocenters. The molecule has 0 amide bonds. The molecule has 27 heavy (non-hydrogen) atoms. The van der Waals surface area contributed by atoms with Crippen LogP contribution in [-0.2, 0) is 4.74 Å². The molecule has 2 N–H and O–H groups in total. The summed E-state index contributed by atoms with van der Waals surface area (Å²) in [6.45, 7) is 2.48. The minimum absolute atomic E-state index is 0.0353. The highest BCUT2D eigenvalue weighted by Crippen LogP contribution is 2.25. The molecule has 3 heterocycles. The van der Waals surface area contributed by atoms with Gasteiger partial charge in [-0.05, 0) is 18.5 Å². The molecule has 2 atom stereocenters. The lowest BCUT2D eigenvalue weighted by atomic mass is 10.1. The quantitative estimate of drug-likeness (QED) is 0.737. The molecule has 0 spiro atoms. The van der Waals surface area contributed by atoms with Gasteiger partial charge in [0.05, 0.1) is 25.4 Å². The van der Waals surface area contributed by atoms with Crippen LogP contribution in [0.4, 0.5) is 20.7 Å². The summed E-state index contributed by atoms with van der Waals surface area (Å²) in [5, 5.41) is 13.9. The Morgan fingerprint density at radius 3 is 2.74 bits per heavy atom. The number of anilines is 2. The molecule has 0 aliphatic carbocycles. The number of ether oxygens (including phenoxy) is 1. The maximum Gasteiger partial charge on any atom is 0.230 e. The lowest BCUT2D eigenvalue weighted by Gasteiger charge is -2.21. The first-order chi connectivity index (χ1) is 12.9. The number of halogens is 3. The van der Waals surface area contributed by atoms with Gasteiger partial charge in [-0.1, -0.05) is 0 Å². The van der Waals surface area contributed by atoms with Crippen molar-refractivity contribution < 1.29 is 13.5 Å². The third-order valence-electron chi connectivity index (χ3n) is 3.78. The van der Waals surface area contributed by atoms with Crippen LogP contribution >= 0.6 is 11.6 Å². The summed E-state index contributed by atoms with van der Waals surface area (Å²) in [5.41, 5.74) is -0.681. The van der Waals surface area contributed by atoms with Crippen molar-refractivity contribution in [2.75, 3.05) is 30.9 Å². The molecule has 12 heteroatoms. The van der Waals surface area contributed by atoms with Gasteiger partial charge in [0, 0.05) is 19.6 Å². The first-order valence-electron chi connectivity index (χ1n) is 8.03. The van der Waals surface area contributed by atoms with Crippen molar-refractivity contribution in [1.82, 2.24) is 19.9 Å². The van der Waals surface area contributed by atoms with E-state index in [9.17, 15) is 8.78 Å². The van der Waals surface area contributed by atoms with Crippen LogP contribution in [0.15, 0.2) is 22.5 Å². The van der Waals surface area contributed by atoms with Gasteiger partial charge >= 0.3 is 0 Å². The monoisotopic (exact) mass is 398 g/mol. The maximum atomic E-state index is 14.1. The Balaban J connectivity index is 1.84. The van der Waals surface area contributed by atoms with Crippen molar-refractivity contribution >= 4 is 23.5 Å². The number of pyridine rings is 1. The molecule has 0 saturated heterocycles. The molecule has 0 radical (unpaired) electrons. The van der Waals surface area contributed by atoms with E-state index in [0.717, 1.165) is 12.3 Å². The van der Waals surface area contributed by atoms with E-state index in [1.54, 1.807) is 0 Å². The number of nitrogens with one attached hydrogen (secondary N) is 2. The van der Waals surface area contributed by atoms with Crippen LogP contribution in [0.25, 0.3) is 0 Å². The zero-order valence-corrected chi connectivity index (χ0v) is 15.3. The van der Waals surface area contributed by atoms with E-state index < -0.39 is 23.3 Å². The summed E-state index contributed by atoms with van der Waals surface area (Å²) in [4.78, 5) is 16.0. The number of hydrogen-bond donors (Lipinski definition) is 2. The first kappa shape index (κ1) is 19.2. The highest BCUT2D eigenvalue weighted by Gasteiger charge is 2.28. The minimum atomic E-state index is -0.818. The number of azo groups is 1. The SMILES string of the molecule is COCC(Nc1nc(Cl)nc(N[C@@]2(C)CCN=N2)n1)c1ncc(F)cc1F. The second-order valence-electron chi connectivity index (χ2n) is 6.04. The summed E-state index contributed by atoms with van der Waals surface area (Å²) in [7, 11) is 1.44. The molecule has 0 saturated carbocycles. The number of hydrogen-bond acceptors (Lipinski definition) is 9. The Morgan fingerprint density at radius 1 is 1.30 bits per heavy atom. The van der Waals surface area contributed by atoms with E-state index in [0.29, 0.717) is 13.0 Å². The number of methoxy groups -OCH3 is 1. The zero-order valence-electron chi connectivity index (χ0n) is 14.6. The van der Waals surface area contributed by atoms with Crippen molar-refractivity contribution in [1.29, 1.82) is 0 Å². The van der Waals surface area contributed by atoms with Crippen LogP contribution in [0, 0.1) is 11.6 Å². The average molecular weight is 399 g/mol. The van der Waals surface area contributed by atoms with E-state index in [-0.39, 0.29) is 29.5 Å². The molecule has 0 bridgehead atoms. The molecule has 0 fully saturated rings. The number of rotatable bonds is 7. The van der Waals surface area contributed by atoms with E-state index in [4.69, 9.17) is 16.3 Å². The number of aromatic nitrogens is 4. The molecule has 2 aromatic rings. The smallest absolute Gasteiger partial charge is 0.230 e. The third kappa shape index (κ3) is 4.80. The topological polar surface area (TPSA) is 110 Å². The zero-order chi connectivity index (χ0) is 19.4. The summed E-state index contributed by atoms with van der Waals surface area (Å²) in [6, 6.07) is -0.0323. The van der Waals surface area contributed by atoms with Gasteiger partial charge < -0.3 is 15.4 Å². The van der Waals surface area contributed by atoms with Crippen LogP contribution in [0.5, 0.6) is 0 Å². The molecular weight excluding hydrogens is 382 g/mol. The van der Waals surface area contributed by atoms with Crippen LogP contribution in [0.2, 0.25) is 5.28 Å². The van der Waals surface area contributed by atoms with Gasteiger partial charge in [0.15, 0.2) is 5.66 Å². The van der Waals surface area contributed by atoms with Crippen molar-refractivity contribution in [3.63, 3.8) is 0 Å². The molecule has 144 valence electrons. The van der Waals surface area contributed by atoms with Gasteiger partial charge in [0.2, 0.25) is 17.2 Å². The predicted octanol–water partition coefficient (Wildman–Crippen LogP) is 2.98. The first-order valence-corrected chi connectivity index (χ1v) is 8.41. The van der Waals surface area contributed by atoms with E-state index in [1.807, 2.05) is 6.92 Å². The minimum Gasteiger partial charge on any atom is -0.382 e. The van der Waals surface area contributed by atoms with Crippen molar-refractivity contribution in [3.8, 4) is 0 Å². The Kier molecular flexibility index (Phi) is 5.71. The molecule has 3 rings (SSSR count). The second-order valence-corrected chi connectivity index (χ2v) is 6.38. The Labute approximate surface area is 158 Å². The van der Waals surface area contributed by atoms with Crippen molar-refractivity contribution in [2.45, 2.75) is 25.0 Å². The van der Waals surface area contributed by atoms with Crippen molar-refractivity contribution in [2.24, 2.45) is 10.2 Å². The van der Waals surface area contributed by atoms with Gasteiger partial charge in [0.25, 0.3) is 0 Å². The maximum absolute atomic E-state index is 14.1. The van der Waals surface area contributed by atoms with Crippen LogP contribution < -0.4 is 10.6 Å². The van der Waals surface area contributed by atoms with Crippen LogP contribution in [0.1, 0.15) is 25.1 Å². The Hall–Kier alpha value is -2.53. The molecule has 1 aliphatic rings. The second kappa shape index (κ2) is 8.01. The van der Waals surface area contributed by atoms with Gasteiger partial charge in [-0.2, -0.15) is 25.2 Å². The summed E-state index contributed by atoms with van der Waals surface area (Å²) < 4.78 is 32.3. The molecule has 9 nitrogen and oxygen atoms in total. The van der Waals surface area contributed by atoms with Gasteiger partial charge in [0.1, 0.15) is 17.3 Å². The fourth-order valence-electron chi connectivity index (χ4n) is 2.52. The Morgan fingerprint density at radius 2 is 2.07 bits per heavy atom. The Bertz CT molecular complexity index is 855. The molecular formula is C15H17ClF2N8O. The summed E-state index contributed by atoms with van der Waals surface area (Å²) in [6.07, 6.45) is 1.60. The van der Waals surface area contributed by atoms with Crippen LogP contribution in [0.3, 0.4) is 0 Å².